The van der Waals surface area contributed by atoms with Crippen LogP contribution in [0.1, 0.15) is 75.8 Å². The van der Waals surface area contributed by atoms with Gasteiger partial charge in [0.15, 0.2) is 23.9 Å². The van der Waals surface area contributed by atoms with Gasteiger partial charge in [-0.3, -0.25) is 10.2 Å². The number of hydrogen-bond donors (Lipinski definition) is 2. The van der Waals surface area contributed by atoms with Crippen molar-refractivity contribution >= 4 is 35.1 Å². The average Bonchev–Trinajstić information content (AvgIpc) is 4.03. The van der Waals surface area contributed by atoms with Gasteiger partial charge in [-0.05, 0) is 110 Å². The molecular formula is C42H43Cl2F2N3O8. The van der Waals surface area contributed by atoms with Crippen molar-refractivity contribution in [3.63, 3.8) is 0 Å². The Hall–Kier alpha value is -4.69. The molecule has 11 nitrogen and oxygen atoms in total. The summed E-state index contributed by atoms with van der Waals surface area (Å²) in [6, 6.07) is 15.4. The molecule has 3 aliphatic heterocycles. The maximum Gasteiger partial charge on any atom is 0.387 e. The molecule has 57 heavy (non-hydrogen) atoms. The van der Waals surface area contributed by atoms with Crippen molar-refractivity contribution in [2.75, 3.05) is 33.4 Å². The standard InChI is InChI=1S/C42H43Cl2F2N3O8/c1-54-29-6-2-4-27(16-29)39(41(52)56-37-22-48-14-12-25(37)13-15-48)47-19-28-5-3-7-30(40(50)51)38(28)31(18-32-33(43)20-49(53)21-34(32)44)26-10-11-35(57-42(45)46)36(17-26)55-23-24-8-9-24/h2-7,10-11,16-17,20-21,24-25,31,37,39,42,47H,8-9,12-15,18-19,22-23H2,1H3,(H,50,51)/t31-,37-,39?/m0/s1. The van der Waals surface area contributed by atoms with Crippen molar-refractivity contribution in [3.05, 3.63) is 122 Å². The predicted molar refractivity (Wildman–Crippen MR) is 207 cm³/mol. The number of carboxylic acids is 1. The number of rotatable bonds is 17. The van der Waals surface area contributed by atoms with Gasteiger partial charge in [-0.25, -0.2) is 9.59 Å². The lowest BCUT2D eigenvalue weighted by atomic mass is 9.80. The maximum absolute atomic E-state index is 14.2. The van der Waals surface area contributed by atoms with E-state index in [1.54, 1.807) is 48.5 Å². The summed E-state index contributed by atoms with van der Waals surface area (Å²) in [5.74, 6) is -1.56. The van der Waals surface area contributed by atoms with E-state index < -0.39 is 30.5 Å². The number of nitrogens with zero attached hydrogens (tertiary/aromatic N) is 2. The number of fused-ring (bicyclic) bond motifs is 3. The molecule has 0 radical (unpaired) electrons. The molecular weight excluding hydrogens is 783 g/mol. The minimum absolute atomic E-state index is 0.00141. The number of carboxylic acid groups (broad SMARTS) is 1. The van der Waals surface area contributed by atoms with Gasteiger partial charge in [0.25, 0.3) is 0 Å². The van der Waals surface area contributed by atoms with Gasteiger partial charge >= 0.3 is 18.6 Å². The third-order valence-corrected chi connectivity index (χ3v) is 11.7. The zero-order valence-electron chi connectivity index (χ0n) is 31.2. The monoisotopic (exact) mass is 825 g/mol. The van der Waals surface area contributed by atoms with Crippen molar-refractivity contribution in [1.82, 2.24) is 10.2 Å². The molecule has 1 unspecified atom stereocenters. The quantitative estimate of drug-likeness (QED) is 0.0624. The second-order valence-corrected chi connectivity index (χ2v) is 15.6. The molecule has 2 bridgehead atoms. The molecule has 3 aromatic carbocycles. The molecule has 0 amide bonds. The number of pyridine rings is 1. The molecule has 4 heterocycles. The number of hydrogen-bond acceptors (Lipinski definition) is 9. The van der Waals surface area contributed by atoms with Gasteiger partial charge in [-0.1, -0.05) is 53.5 Å². The number of halogens is 4. The molecule has 4 fully saturated rings. The number of carbonyl (C=O) groups is 2. The third kappa shape index (κ3) is 9.72. The molecule has 15 heteroatoms. The number of esters is 1. The highest BCUT2D eigenvalue weighted by molar-refractivity contribution is 6.35. The highest BCUT2D eigenvalue weighted by atomic mass is 35.5. The molecule has 1 aliphatic carbocycles. The zero-order valence-corrected chi connectivity index (χ0v) is 32.7. The van der Waals surface area contributed by atoms with Crippen LogP contribution in [0.4, 0.5) is 8.78 Å². The van der Waals surface area contributed by atoms with E-state index in [1.807, 2.05) is 0 Å². The van der Waals surface area contributed by atoms with Gasteiger partial charge in [-0.2, -0.15) is 13.5 Å². The molecule has 1 aromatic heterocycles. The fourth-order valence-corrected chi connectivity index (χ4v) is 8.45. The summed E-state index contributed by atoms with van der Waals surface area (Å²) in [4.78, 5) is 29.5. The summed E-state index contributed by atoms with van der Waals surface area (Å²) in [6.45, 7) is -0.206. The lowest BCUT2D eigenvalue weighted by molar-refractivity contribution is -0.605. The number of methoxy groups -OCH3 is 1. The van der Waals surface area contributed by atoms with Crippen LogP contribution in [0, 0.1) is 17.0 Å². The Balaban J connectivity index is 1.30. The van der Waals surface area contributed by atoms with Crippen molar-refractivity contribution in [3.8, 4) is 17.2 Å². The number of alkyl halides is 2. The van der Waals surface area contributed by atoms with E-state index in [0.29, 0.717) is 44.8 Å². The Morgan fingerprint density at radius 2 is 1.72 bits per heavy atom. The van der Waals surface area contributed by atoms with Crippen LogP contribution in [0.5, 0.6) is 17.2 Å². The number of aromatic nitrogens is 1. The Bertz CT molecular complexity index is 2070. The number of benzene rings is 3. The number of carbonyl (C=O) groups excluding carboxylic acids is 1. The lowest BCUT2D eigenvalue weighted by Crippen LogP contribution is -2.52. The summed E-state index contributed by atoms with van der Waals surface area (Å²) >= 11 is 13.2. The summed E-state index contributed by atoms with van der Waals surface area (Å²) in [7, 11) is 1.53. The number of aromatic carboxylic acids is 1. The molecule has 0 spiro atoms. The van der Waals surface area contributed by atoms with Crippen LogP contribution in [0.15, 0.2) is 73.1 Å². The Morgan fingerprint density at radius 3 is 2.37 bits per heavy atom. The van der Waals surface area contributed by atoms with E-state index in [-0.39, 0.29) is 64.6 Å². The molecule has 302 valence electrons. The molecule has 4 aliphatic rings. The first-order valence-electron chi connectivity index (χ1n) is 18.9. The van der Waals surface area contributed by atoms with Crippen LogP contribution in [0.25, 0.3) is 0 Å². The fourth-order valence-electron chi connectivity index (χ4n) is 7.85. The van der Waals surface area contributed by atoms with Crippen molar-refractivity contribution < 1.29 is 47.2 Å². The van der Waals surface area contributed by atoms with E-state index in [4.69, 9.17) is 42.1 Å². The van der Waals surface area contributed by atoms with Crippen LogP contribution < -0.4 is 24.3 Å². The van der Waals surface area contributed by atoms with Crippen LogP contribution >= 0.6 is 23.2 Å². The number of piperidine rings is 3. The smallest absolute Gasteiger partial charge is 0.387 e. The van der Waals surface area contributed by atoms with Crippen LogP contribution in [0.3, 0.4) is 0 Å². The largest absolute Gasteiger partial charge is 0.619 e. The van der Waals surface area contributed by atoms with E-state index in [1.165, 1.54) is 19.2 Å². The fraction of sp³-hybridized carbons (Fsp3) is 0.405. The SMILES string of the molecule is COc1cccc(C(NCc2cccc(C(=O)O)c2[C@@H](Cc2c(Cl)c[n+]([O-])cc2Cl)c2ccc(OC(F)F)c(OCC3CC3)c2)C(=O)O[C@H]2CN3CCC2CC3)c1. The van der Waals surface area contributed by atoms with Gasteiger partial charge in [0, 0.05) is 24.6 Å². The highest BCUT2D eigenvalue weighted by Crippen LogP contribution is 2.42. The van der Waals surface area contributed by atoms with Crippen LogP contribution in [0.2, 0.25) is 10.0 Å². The van der Waals surface area contributed by atoms with Crippen molar-refractivity contribution in [1.29, 1.82) is 0 Å². The molecule has 3 atom stereocenters. The zero-order chi connectivity index (χ0) is 40.2. The van der Waals surface area contributed by atoms with E-state index in [9.17, 15) is 28.7 Å². The second kappa shape index (κ2) is 17.8. The third-order valence-electron chi connectivity index (χ3n) is 11.0. The Kier molecular flexibility index (Phi) is 12.7. The van der Waals surface area contributed by atoms with E-state index in [2.05, 4.69) is 10.2 Å². The molecule has 1 saturated carbocycles. The Labute approximate surface area is 339 Å². The summed E-state index contributed by atoms with van der Waals surface area (Å²) in [5, 5.41) is 26.3. The molecule has 4 aromatic rings. The first kappa shape index (κ1) is 40.5. The number of nitrogens with one attached hydrogen (secondary N) is 1. The Morgan fingerprint density at radius 1 is 0.982 bits per heavy atom. The normalized spacial score (nSPS) is 19.9. The molecule has 2 N–H and O–H groups in total. The summed E-state index contributed by atoms with van der Waals surface area (Å²) in [5.41, 5.74) is 2.23. The van der Waals surface area contributed by atoms with Gasteiger partial charge in [0.1, 0.15) is 27.9 Å². The highest BCUT2D eigenvalue weighted by Gasteiger charge is 2.38. The first-order valence-corrected chi connectivity index (χ1v) is 19.7. The van der Waals surface area contributed by atoms with E-state index >= 15 is 0 Å². The van der Waals surface area contributed by atoms with Gasteiger partial charge < -0.3 is 29.3 Å². The van der Waals surface area contributed by atoms with Crippen molar-refractivity contribution in [2.24, 2.45) is 11.8 Å². The van der Waals surface area contributed by atoms with Crippen LogP contribution in [-0.4, -0.2) is 68.0 Å². The lowest BCUT2D eigenvalue weighted by Gasteiger charge is -2.44. The van der Waals surface area contributed by atoms with E-state index in [0.717, 1.165) is 51.2 Å². The minimum atomic E-state index is -3.11. The first-order chi connectivity index (χ1) is 27.5. The van der Waals surface area contributed by atoms with Crippen LogP contribution in [-0.2, 0) is 22.5 Å². The summed E-state index contributed by atoms with van der Waals surface area (Å²) < 4.78 is 50.1. The maximum atomic E-state index is 14.2. The summed E-state index contributed by atoms with van der Waals surface area (Å²) in [6.07, 6.45) is 5.84. The molecule has 8 rings (SSSR count). The minimum Gasteiger partial charge on any atom is -0.619 e. The van der Waals surface area contributed by atoms with Gasteiger partial charge in [0.05, 0.1) is 19.3 Å². The van der Waals surface area contributed by atoms with Gasteiger partial charge in [0.2, 0.25) is 0 Å². The number of ether oxygens (including phenoxy) is 4. The predicted octanol–water partition coefficient (Wildman–Crippen LogP) is 7.57. The molecule has 3 saturated heterocycles. The average molecular weight is 827 g/mol. The second-order valence-electron chi connectivity index (χ2n) is 14.8. The topological polar surface area (TPSA) is 134 Å². The van der Waals surface area contributed by atoms with Gasteiger partial charge in [-0.15, -0.1) is 0 Å². The van der Waals surface area contributed by atoms with Crippen molar-refractivity contribution in [2.45, 2.75) is 63.3 Å².